The van der Waals surface area contributed by atoms with Gasteiger partial charge in [0, 0.05) is 6.61 Å². The van der Waals surface area contributed by atoms with Crippen LogP contribution < -0.4 is 0 Å². The lowest BCUT2D eigenvalue weighted by Gasteiger charge is -2.31. The Kier molecular flexibility index (Phi) is 5.58. The molecule has 0 aliphatic heterocycles. The van der Waals surface area contributed by atoms with Crippen LogP contribution in [0.4, 0.5) is 0 Å². The molecule has 3 atom stereocenters. The Labute approximate surface area is 92.4 Å². The smallest absolute Gasteiger partial charge is 0.100 e. The Hall–Kier alpha value is -0.120. The third-order valence-electron chi connectivity index (χ3n) is 3.15. The minimum absolute atomic E-state index is 0.211. The highest BCUT2D eigenvalue weighted by Crippen LogP contribution is 2.32. The van der Waals surface area contributed by atoms with Gasteiger partial charge in [-0.2, -0.15) is 0 Å². The molecule has 3 nitrogen and oxygen atoms in total. The van der Waals surface area contributed by atoms with E-state index in [1.807, 2.05) is 0 Å². The molecule has 0 bridgehead atoms. The molecular formula is C12H24O3. The van der Waals surface area contributed by atoms with Crippen molar-refractivity contribution in [2.24, 2.45) is 17.8 Å². The molecule has 3 unspecified atom stereocenters. The summed E-state index contributed by atoms with van der Waals surface area (Å²) in [6.45, 7) is 5.37. The highest BCUT2D eigenvalue weighted by molar-refractivity contribution is 4.74. The molecule has 1 rings (SSSR count). The van der Waals surface area contributed by atoms with E-state index in [2.05, 4.69) is 13.8 Å². The Morgan fingerprint density at radius 2 is 1.80 bits per heavy atom. The summed E-state index contributed by atoms with van der Waals surface area (Å²) in [5, 5.41) is 17.7. The molecular weight excluding hydrogens is 192 g/mol. The van der Waals surface area contributed by atoms with Crippen LogP contribution in [0.1, 0.15) is 33.1 Å². The lowest BCUT2D eigenvalue weighted by molar-refractivity contribution is -0.0135. The quantitative estimate of drug-likeness (QED) is 0.731. The SMILES string of the molecule is CC1CC(C)CC(COCC(O)CO)C1. The molecule has 0 aromatic heterocycles. The van der Waals surface area contributed by atoms with Gasteiger partial charge in [-0.3, -0.25) is 0 Å². The number of aliphatic hydroxyl groups is 2. The van der Waals surface area contributed by atoms with E-state index in [1.54, 1.807) is 0 Å². The van der Waals surface area contributed by atoms with Crippen molar-refractivity contribution >= 4 is 0 Å². The lowest BCUT2D eigenvalue weighted by atomic mass is 9.77. The van der Waals surface area contributed by atoms with Crippen molar-refractivity contribution in [3.63, 3.8) is 0 Å². The summed E-state index contributed by atoms with van der Waals surface area (Å²) in [5.41, 5.74) is 0. The summed E-state index contributed by atoms with van der Waals surface area (Å²) in [6, 6.07) is 0. The van der Waals surface area contributed by atoms with E-state index in [-0.39, 0.29) is 13.2 Å². The van der Waals surface area contributed by atoms with Crippen LogP contribution in [-0.4, -0.2) is 36.1 Å². The molecule has 3 heteroatoms. The van der Waals surface area contributed by atoms with E-state index in [0.29, 0.717) is 5.92 Å². The van der Waals surface area contributed by atoms with Crippen LogP contribution >= 0.6 is 0 Å². The Morgan fingerprint density at radius 3 is 2.33 bits per heavy atom. The molecule has 0 amide bonds. The fraction of sp³-hybridized carbons (Fsp3) is 1.00. The first-order valence-corrected chi connectivity index (χ1v) is 5.98. The maximum absolute atomic E-state index is 9.12. The molecule has 0 radical (unpaired) electrons. The molecule has 1 fully saturated rings. The molecule has 1 saturated carbocycles. The van der Waals surface area contributed by atoms with E-state index in [0.717, 1.165) is 18.4 Å². The van der Waals surface area contributed by atoms with E-state index in [9.17, 15) is 0 Å². The van der Waals surface area contributed by atoms with Crippen LogP contribution in [0.2, 0.25) is 0 Å². The Balaban J connectivity index is 2.15. The fourth-order valence-corrected chi connectivity index (χ4v) is 2.67. The summed E-state index contributed by atoms with van der Waals surface area (Å²) in [4.78, 5) is 0. The number of aliphatic hydroxyl groups excluding tert-OH is 2. The van der Waals surface area contributed by atoms with Crippen LogP contribution in [0.5, 0.6) is 0 Å². The molecule has 1 aliphatic carbocycles. The first kappa shape index (κ1) is 12.9. The van der Waals surface area contributed by atoms with Gasteiger partial charge >= 0.3 is 0 Å². The van der Waals surface area contributed by atoms with Crippen LogP contribution in [-0.2, 0) is 4.74 Å². The Morgan fingerprint density at radius 1 is 1.20 bits per heavy atom. The van der Waals surface area contributed by atoms with Crippen molar-refractivity contribution in [2.45, 2.75) is 39.2 Å². The van der Waals surface area contributed by atoms with Gasteiger partial charge in [0.2, 0.25) is 0 Å². The predicted octanol–water partition coefficient (Wildman–Crippen LogP) is 1.43. The zero-order chi connectivity index (χ0) is 11.3. The molecule has 1 aliphatic rings. The molecule has 0 aromatic rings. The third kappa shape index (κ3) is 4.96. The first-order chi connectivity index (χ1) is 7.11. The maximum Gasteiger partial charge on any atom is 0.100 e. The van der Waals surface area contributed by atoms with E-state index >= 15 is 0 Å². The second kappa shape index (κ2) is 6.46. The largest absolute Gasteiger partial charge is 0.394 e. The minimum atomic E-state index is -0.719. The van der Waals surface area contributed by atoms with Crippen LogP contribution in [0, 0.1) is 17.8 Å². The zero-order valence-corrected chi connectivity index (χ0v) is 9.85. The highest BCUT2D eigenvalue weighted by Gasteiger charge is 2.23. The lowest BCUT2D eigenvalue weighted by Crippen LogP contribution is -2.26. The summed E-state index contributed by atoms with van der Waals surface area (Å²) in [6.07, 6.45) is 3.08. The Bertz CT molecular complexity index is 162. The van der Waals surface area contributed by atoms with Gasteiger partial charge in [0.05, 0.1) is 13.2 Å². The van der Waals surface area contributed by atoms with Crippen LogP contribution in [0.25, 0.3) is 0 Å². The van der Waals surface area contributed by atoms with Gasteiger partial charge in [-0.1, -0.05) is 13.8 Å². The second-order valence-corrected chi connectivity index (χ2v) is 5.16. The van der Waals surface area contributed by atoms with Gasteiger partial charge in [0.15, 0.2) is 0 Å². The second-order valence-electron chi connectivity index (χ2n) is 5.16. The molecule has 0 heterocycles. The molecule has 0 aromatic carbocycles. The first-order valence-electron chi connectivity index (χ1n) is 5.98. The zero-order valence-electron chi connectivity index (χ0n) is 9.85. The number of hydrogen-bond acceptors (Lipinski definition) is 3. The van der Waals surface area contributed by atoms with Crippen LogP contribution in [0.15, 0.2) is 0 Å². The van der Waals surface area contributed by atoms with E-state index in [1.165, 1.54) is 19.3 Å². The van der Waals surface area contributed by atoms with Crippen molar-refractivity contribution in [1.29, 1.82) is 0 Å². The number of hydrogen-bond donors (Lipinski definition) is 2. The average molecular weight is 216 g/mol. The highest BCUT2D eigenvalue weighted by atomic mass is 16.5. The van der Waals surface area contributed by atoms with Gasteiger partial charge in [-0.25, -0.2) is 0 Å². The molecule has 90 valence electrons. The predicted molar refractivity (Wildman–Crippen MR) is 59.6 cm³/mol. The van der Waals surface area contributed by atoms with Crippen molar-refractivity contribution in [3.8, 4) is 0 Å². The van der Waals surface area contributed by atoms with E-state index < -0.39 is 6.10 Å². The molecule has 2 N–H and O–H groups in total. The van der Waals surface area contributed by atoms with Gasteiger partial charge < -0.3 is 14.9 Å². The topological polar surface area (TPSA) is 49.7 Å². The molecule has 15 heavy (non-hydrogen) atoms. The van der Waals surface area contributed by atoms with Crippen molar-refractivity contribution in [1.82, 2.24) is 0 Å². The average Bonchev–Trinajstić information content (AvgIpc) is 2.16. The van der Waals surface area contributed by atoms with Crippen LogP contribution in [0.3, 0.4) is 0 Å². The third-order valence-corrected chi connectivity index (χ3v) is 3.15. The van der Waals surface area contributed by atoms with Crippen molar-refractivity contribution in [3.05, 3.63) is 0 Å². The van der Waals surface area contributed by atoms with Gasteiger partial charge in [-0.15, -0.1) is 0 Å². The summed E-state index contributed by atoms with van der Waals surface area (Å²) >= 11 is 0. The van der Waals surface area contributed by atoms with Crippen molar-refractivity contribution < 1.29 is 14.9 Å². The number of ether oxygens (including phenoxy) is 1. The fourth-order valence-electron chi connectivity index (χ4n) is 2.67. The molecule has 0 saturated heterocycles. The number of rotatable bonds is 5. The van der Waals surface area contributed by atoms with E-state index in [4.69, 9.17) is 14.9 Å². The van der Waals surface area contributed by atoms with Gasteiger partial charge in [0.1, 0.15) is 6.10 Å². The summed E-state index contributed by atoms with van der Waals surface area (Å²) in [7, 11) is 0. The minimum Gasteiger partial charge on any atom is -0.394 e. The molecule has 0 spiro atoms. The standard InChI is InChI=1S/C12H24O3/c1-9-3-10(2)5-11(4-9)7-15-8-12(14)6-13/h9-14H,3-8H2,1-2H3. The van der Waals surface area contributed by atoms with Gasteiger partial charge in [0.25, 0.3) is 0 Å². The monoisotopic (exact) mass is 216 g/mol. The maximum atomic E-state index is 9.12. The van der Waals surface area contributed by atoms with Gasteiger partial charge in [-0.05, 0) is 37.0 Å². The summed E-state index contributed by atoms with van der Waals surface area (Å²) in [5.74, 6) is 2.23. The summed E-state index contributed by atoms with van der Waals surface area (Å²) < 4.78 is 5.41. The van der Waals surface area contributed by atoms with Crippen molar-refractivity contribution in [2.75, 3.05) is 19.8 Å². The normalized spacial score (nSPS) is 34.0.